The Morgan fingerprint density at radius 3 is 2.61 bits per heavy atom. The van der Waals surface area contributed by atoms with E-state index in [1.165, 1.54) is 7.05 Å². The summed E-state index contributed by atoms with van der Waals surface area (Å²) in [5.41, 5.74) is 0.650. The average Bonchev–Trinajstić information content (AvgIpc) is 2.32. The molecule has 0 saturated carbocycles. The Morgan fingerprint density at radius 2 is 2.06 bits per heavy atom. The van der Waals surface area contributed by atoms with Gasteiger partial charge in [-0.3, -0.25) is 10.1 Å². The van der Waals surface area contributed by atoms with Crippen LogP contribution in [0.2, 0.25) is 5.02 Å². The van der Waals surface area contributed by atoms with E-state index in [2.05, 4.69) is 38.5 Å². The molecule has 0 spiro atoms. The van der Waals surface area contributed by atoms with E-state index in [4.69, 9.17) is 11.6 Å². The highest BCUT2D eigenvalue weighted by Gasteiger charge is 2.15. The molecule has 0 saturated heterocycles. The summed E-state index contributed by atoms with van der Waals surface area (Å²) in [4.78, 5) is 22.6. The zero-order valence-corrected chi connectivity index (χ0v) is 12.8. The van der Waals surface area contributed by atoms with E-state index < -0.39 is 18.0 Å². The van der Waals surface area contributed by atoms with Gasteiger partial charge in [0, 0.05) is 10.6 Å². The number of benzene rings is 1. The number of hydrogen-bond acceptors (Lipinski definition) is 3. The zero-order chi connectivity index (χ0) is 13.7. The fourth-order valence-corrected chi connectivity index (χ4v) is 2.10. The normalized spacial score (nSPS) is 11.6. The molecule has 1 unspecified atom stereocenters. The van der Waals surface area contributed by atoms with E-state index in [1.54, 1.807) is 19.1 Å². The molecule has 3 N–H and O–H groups in total. The van der Waals surface area contributed by atoms with Gasteiger partial charge in [0.2, 0.25) is 5.91 Å². The lowest BCUT2D eigenvalue weighted by Gasteiger charge is -2.15. The molecule has 98 valence electrons. The predicted molar refractivity (Wildman–Crippen MR) is 79.9 cm³/mol. The average molecular weight is 382 g/mol. The summed E-state index contributed by atoms with van der Waals surface area (Å²) in [6.45, 7) is 1.65. The molecule has 5 nitrogen and oxygen atoms in total. The van der Waals surface area contributed by atoms with Crippen molar-refractivity contribution in [2.45, 2.75) is 13.0 Å². The van der Waals surface area contributed by atoms with E-state index in [9.17, 15) is 9.59 Å². The van der Waals surface area contributed by atoms with Crippen molar-refractivity contribution < 1.29 is 9.59 Å². The first-order valence-corrected chi connectivity index (χ1v) is 6.64. The molecule has 0 fully saturated rings. The van der Waals surface area contributed by atoms with Crippen LogP contribution in [-0.2, 0) is 4.79 Å². The van der Waals surface area contributed by atoms with Gasteiger partial charge in [-0.2, -0.15) is 0 Å². The van der Waals surface area contributed by atoms with Crippen LogP contribution in [0.15, 0.2) is 18.2 Å². The molecule has 1 atom stereocenters. The number of carbonyl (C=O) groups is 2. The molecule has 0 aliphatic carbocycles. The van der Waals surface area contributed by atoms with Gasteiger partial charge in [0.05, 0.1) is 10.7 Å². The SMILES string of the molecule is CNC(=O)NC(=O)C(C)Nc1ccc(I)cc1Cl. The molecular weight excluding hydrogens is 368 g/mol. The maximum absolute atomic E-state index is 11.6. The zero-order valence-electron chi connectivity index (χ0n) is 9.88. The van der Waals surface area contributed by atoms with Crippen LogP contribution in [0.25, 0.3) is 0 Å². The lowest BCUT2D eigenvalue weighted by atomic mass is 10.2. The smallest absolute Gasteiger partial charge is 0.321 e. The highest BCUT2D eigenvalue weighted by atomic mass is 127. The van der Waals surface area contributed by atoms with Crippen LogP contribution in [0, 0.1) is 3.57 Å². The summed E-state index contributed by atoms with van der Waals surface area (Å²) in [6, 6.07) is 4.34. The number of imide groups is 1. The highest BCUT2D eigenvalue weighted by Crippen LogP contribution is 2.24. The summed E-state index contributed by atoms with van der Waals surface area (Å²) in [5, 5.41) is 7.96. The predicted octanol–water partition coefficient (Wildman–Crippen LogP) is 2.20. The van der Waals surface area contributed by atoms with Crippen molar-refractivity contribution in [1.29, 1.82) is 0 Å². The second-order valence-corrected chi connectivity index (χ2v) is 5.21. The van der Waals surface area contributed by atoms with Gasteiger partial charge in [0.25, 0.3) is 0 Å². The topological polar surface area (TPSA) is 70.2 Å². The first kappa shape index (κ1) is 15.0. The number of amides is 3. The minimum absolute atomic E-state index is 0.427. The molecule has 1 aromatic rings. The van der Waals surface area contributed by atoms with Crippen molar-refractivity contribution in [2.75, 3.05) is 12.4 Å². The molecule has 7 heteroatoms. The Morgan fingerprint density at radius 1 is 1.39 bits per heavy atom. The van der Waals surface area contributed by atoms with Gasteiger partial charge in [0.1, 0.15) is 6.04 Å². The number of carbonyl (C=O) groups excluding carboxylic acids is 2. The lowest BCUT2D eigenvalue weighted by Crippen LogP contribution is -2.44. The van der Waals surface area contributed by atoms with E-state index in [1.807, 2.05) is 6.07 Å². The van der Waals surface area contributed by atoms with Crippen molar-refractivity contribution >= 4 is 51.8 Å². The number of rotatable bonds is 3. The molecule has 0 aromatic heterocycles. The van der Waals surface area contributed by atoms with Gasteiger partial charge in [-0.25, -0.2) is 4.79 Å². The molecule has 1 rings (SSSR count). The second kappa shape index (κ2) is 6.79. The van der Waals surface area contributed by atoms with E-state index in [0.717, 1.165) is 3.57 Å². The third-order valence-corrected chi connectivity index (χ3v) is 3.14. The van der Waals surface area contributed by atoms with Gasteiger partial charge in [-0.15, -0.1) is 0 Å². The molecule has 0 heterocycles. The molecule has 3 amide bonds. The van der Waals surface area contributed by atoms with Gasteiger partial charge >= 0.3 is 6.03 Å². The minimum atomic E-state index is -0.570. The quantitative estimate of drug-likeness (QED) is 0.703. The maximum Gasteiger partial charge on any atom is 0.321 e. The first-order valence-electron chi connectivity index (χ1n) is 5.18. The fraction of sp³-hybridized carbons (Fsp3) is 0.273. The number of nitrogens with one attached hydrogen (secondary N) is 3. The number of anilines is 1. The third-order valence-electron chi connectivity index (χ3n) is 2.16. The van der Waals surface area contributed by atoms with Gasteiger partial charge in [-0.05, 0) is 47.7 Å². The molecule has 0 bridgehead atoms. The van der Waals surface area contributed by atoms with Crippen molar-refractivity contribution in [3.8, 4) is 0 Å². The summed E-state index contributed by atoms with van der Waals surface area (Å²) in [7, 11) is 1.44. The first-order chi connectivity index (χ1) is 8.43. The monoisotopic (exact) mass is 381 g/mol. The summed E-state index contributed by atoms with van der Waals surface area (Å²) in [6.07, 6.45) is 0. The number of urea groups is 1. The molecule has 0 radical (unpaired) electrons. The Labute approximate surface area is 124 Å². The standard InChI is InChI=1S/C11H13ClIN3O2/c1-6(10(17)16-11(18)14-2)15-9-4-3-7(13)5-8(9)12/h3-6,15H,1-2H3,(H2,14,16,17,18). The Bertz CT molecular complexity index is 468. The fourth-order valence-electron chi connectivity index (χ4n) is 1.19. The Hall–Kier alpha value is -1.02. The van der Waals surface area contributed by atoms with Gasteiger partial charge < -0.3 is 10.6 Å². The van der Waals surface area contributed by atoms with Crippen LogP contribution in [0.5, 0.6) is 0 Å². The van der Waals surface area contributed by atoms with Crippen LogP contribution in [0.4, 0.5) is 10.5 Å². The Kier molecular flexibility index (Phi) is 5.67. The maximum atomic E-state index is 11.6. The van der Waals surface area contributed by atoms with Crippen LogP contribution in [0.3, 0.4) is 0 Å². The van der Waals surface area contributed by atoms with Crippen molar-refractivity contribution in [2.24, 2.45) is 0 Å². The summed E-state index contributed by atoms with van der Waals surface area (Å²) < 4.78 is 1.01. The largest absolute Gasteiger partial charge is 0.373 e. The van der Waals surface area contributed by atoms with Crippen LogP contribution in [0.1, 0.15) is 6.92 Å². The second-order valence-electron chi connectivity index (χ2n) is 3.56. The van der Waals surface area contributed by atoms with E-state index in [0.29, 0.717) is 10.7 Å². The van der Waals surface area contributed by atoms with Gasteiger partial charge in [0.15, 0.2) is 0 Å². The molecule has 1 aromatic carbocycles. The summed E-state index contributed by atoms with van der Waals surface area (Å²) in [5.74, 6) is -0.427. The molecular formula is C11H13ClIN3O2. The Balaban J connectivity index is 2.66. The van der Waals surface area contributed by atoms with Crippen LogP contribution in [-0.4, -0.2) is 25.0 Å². The van der Waals surface area contributed by atoms with Crippen LogP contribution >= 0.6 is 34.2 Å². The lowest BCUT2D eigenvalue weighted by molar-refractivity contribution is -0.120. The highest BCUT2D eigenvalue weighted by molar-refractivity contribution is 14.1. The molecule has 18 heavy (non-hydrogen) atoms. The third kappa shape index (κ3) is 4.34. The number of halogens is 2. The van der Waals surface area contributed by atoms with E-state index in [-0.39, 0.29) is 0 Å². The number of hydrogen-bond donors (Lipinski definition) is 3. The van der Waals surface area contributed by atoms with Crippen LogP contribution < -0.4 is 16.0 Å². The van der Waals surface area contributed by atoms with Gasteiger partial charge in [-0.1, -0.05) is 11.6 Å². The molecule has 0 aliphatic heterocycles. The van der Waals surface area contributed by atoms with E-state index >= 15 is 0 Å². The van der Waals surface area contributed by atoms with Crippen molar-refractivity contribution in [3.05, 3.63) is 26.8 Å². The summed E-state index contributed by atoms with van der Waals surface area (Å²) >= 11 is 8.18. The molecule has 0 aliphatic rings. The minimum Gasteiger partial charge on any atom is -0.373 e. The van der Waals surface area contributed by atoms with Crippen molar-refractivity contribution in [3.63, 3.8) is 0 Å². The van der Waals surface area contributed by atoms with Crippen molar-refractivity contribution in [1.82, 2.24) is 10.6 Å².